The van der Waals surface area contributed by atoms with Crippen molar-refractivity contribution < 1.29 is 9.53 Å². The summed E-state index contributed by atoms with van der Waals surface area (Å²) in [5, 5.41) is 0.850. The Morgan fingerprint density at radius 2 is 1.91 bits per heavy atom. The number of nitrogens with zero attached hydrogens (tertiary/aromatic N) is 2. The SMILES string of the molecule is COc1ccc(C(=O)Cn2c(SC)nc3ccccc32)cc1. The van der Waals surface area contributed by atoms with Crippen LogP contribution in [0.15, 0.2) is 53.7 Å². The van der Waals surface area contributed by atoms with Crippen LogP contribution in [0.5, 0.6) is 5.75 Å². The summed E-state index contributed by atoms with van der Waals surface area (Å²) in [4.78, 5) is 17.1. The third-order valence-corrected chi connectivity index (χ3v) is 4.19. The predicted octanol–water partition coefficient (Wildman–Crippen LogP) is 3.65. The van der Waals surface area contributed by atoms with Gasteiger partial charge in [-0.15, -0.1) is 0 Å². The van der Waals surface area contributed by atoms with E-state index >= 15 is 0 Å². The van der Waals surface area contributed by atoms with Gasteiger partial charge in [0.05, 0.1) is 24.7 Å². The Balaban J connectivity index is 1.93. The Kier molecular flexibility index (Phi) is 4.15. The quantitative estimate of drug-likeness (QED) is 0.533. The molecule has 3 rings (SSSR count). The molecule has 0 N–H and O–H groups in total. The number of aromatic nitrogens is 2. The summed E-state index contributed by atoms with van der Waals surface area (Å²) in [5.74, 6) is 0.801. The third kappa shape index (κ3) is 2.72. The maximum atomic E-state index is 12.5. The monoisotopic (exact) mass is 312 g/mol. The van der Waals surface area contributed by atoms with Crippen molar-refractivity contribution in [1.82, 2.24) is 9.55 Å². The van der Waals surface area contributed by atoms with Gasteiger partial charge in [0.15, 0.2) is 10.9 Å². The summed E-state index contributed by atoms with van der Waals surface area (Å²) < 4.78 is 7.08. The van der Waals surface area contributed by atoms with Crippen LogP contribution < -0.4 is 4.74 Å². The van der Waals surface area contributed by atoms with Crippen LogP contribution in [0.1, 0.15) is 10.4 Å². The molecule has 0 atom stereocenters. The highest BCUT2D eigenvalue weighted by molar-refractivity contribution is 7.98. The molecule has 0 aliphatic heterocycles. The number of ether oxygens (including phenoxy) is 1. The molecule has 0 aliphatic rings. The van der Waals surface area contributed by atoms with E-state index in [-0.39, 0.29) is 12.3 Å². The van der Waals surface area contributed by atoms with Gasteiger partial charge in [-0.2, -0.15) is 0 Å². The molecule has 2 aromatic carbocycles. The van der Waals surface area contributed by atoms with Crippen LogP contribution in [0.25, 0.3) is 11.0 Å². The van der Waals surface area contributed by atoms with Crippen molar-refractivity contribution in [1.29, 1.82) is 0 Å². The summed E-state index contributed by atoms with van der Waals surface area (Å²) in [6.45, 7) is 0.281. The van der Waals surface area contributed by atoms with Gasteiger partial charge in [-0.1, -0.05) is 23.9 Å². The van der Waals surface area contributed by atoms with E-state index in [1.807, 2.05) is 35.1 Å². The van der Waals surface area contributed by atoms with Crippen molar-refractivity contribution >= 4 is 28.6 Å². The Labute approximate surface area is 133 Å². The van der Waals surface area contributed by atoms with E-state index in [1.165, 1.54) is 0 Å². The van der Waals surface area contributed by atoms with E-state index < -0.39 is 0 Å². The van der Waals surface area contributed by atoms with E-state index in [2.05, 4.69) is 4.98 Å². The van der Waals surface area contributed by atoms with Gasteiger partial charge in [0.25, 0.3) is 0 Å². The maximum Gasteiger partial charge on any atom is 0.182 e. The second-order valence-corrected chi connectivity index (χ2v) is 5.60. The number of hydrogen-bond donors (Lipinski definition) is 0. The third-order valence-electron chi connectivity index (χ3n) is 3.52. The van der Waals surface area contributed by atoms with E-state index in [0.29, 0.717) is 5.56 Å². The first-order valence-electron chi connectivity index (χ1n) is 6.89. The molecule has 0 radical (unpaired) electrons. The van der Waals surface area contributed by atoms with Gasteiger partial charge in [-0.05, 0) is 42.7 Å². The lowest BCUT2D eigenvalue weighted by molar-refractivity contribution is 0.0970. The summed E-state index contributed by atoms with van der Waals surface area (Å²) in [6, 6.07) is 15.0. The van der Waals surface area contributed by atoms with E-state index in [9.17, 15) is 4.79 Å². The zero-order valence-corrected chi connectivity index (χ0v) is 13.3. The molecule has 0 spiro atoms. The fraction of sp³-hybridized carbons (Fsp3) is 0.176. The number of Topliss-reactive ketones (excluding diaryl/α,β-unsaturated/α-hetero) is 1. The summed E-state index contributed by atoms with van der Waals surface area (Å²) in [5.41, 5.74) is 2.56. The normalized spacial score (nSPS) is 10.8. The topological polar surface area (TPSA) is 44.1 Å². The molecule has 1 heterocycles. The lowest BCUT2D eigenvalue weighted by Gasteiger charge is -2.07. The molecule has 3 aromatic rings. The molecular weight excluding hydrogens is 296 g/mol. The average Bonchev–Trinajstić information content (AvgIpc) is 2.93. The lowest BCUT2D eigenvalue weighted by atomic mass is 10.1. The molecule has 22 heavy (non-hydrogen) atoms. The number of carbonyl (C=O) groups excluding carboxylic acids is 1. The number of rotatable bonds is 5. The van der Waals surface area contributed by atoms with E-state index in [0.717, 1.165) is 21.9 Å². The second kappa shape index (κ2) is 6.23. The summed E-state index contributed by atoms with van der Waals surface area (Å²) >= 11 is 1.54. The highest BCUT2D eigenvalue weighted by atomic mass is 32.2. The lowest BCUT2D eigenvalue weighted by Crippen LogP contribution is -2.11. The fourth-order valence-corrected chi connectivity index (χ4v) is 2.95. The molecule has 0 unspecified atom stereocenters. The van der Waals surface area contributed by atoms with Gasteiger partial charge in [0.2, 0.25) is 0 Å². The first kappa shape index (κ1) is 14.7. The number of ketones is 1. The fourth-order valence-electron chi connectivity index (χ4n) is 2.37. The van der Waals surface area contributed by atoms with Crippen LogP contribution in [0.4, 0.5) is 0 Å². The predicted molar refractivity (Wildman–Crippen MR) is 88.8 cm³/mol. The number of thioether (sulfide) groups is 1. The molecule has 0 fully saturated rings. The molecule has 4 nitrogen and oxygen atoms in total. The number of imidazole rings is 1. The minimum absolute atomic E-state index is 0.0566. The zero-order chi connectivity index (χ0) is 15.5. The molecule has 0 saturated carbocycles. The molecule has 1 aromatic heterocycles. The van der Waals surface area contributed by atoms with Crippen LogP contribution in [0.2, 0.25) is 0 Å². The molecule has 112 valence electrons. The standard InChI is InChI=1S/C17H16N2O2S/c1-21-13-9-7-12(8-10-13)16(20)11-19-15-6-4-3-5-14(15)18-17(19)22-2/h3-10H,11H2,1-2H3. The highest BCUT2D eigenvalue weighted by Crippen LogP contribution is 2.23. The Hall–Kier alpha value is -2.27. The number of benzene rings is 2. The van der Waals surface area contributed by atoms with Gasteiger partial charge in [0, 0.05) is 5.56 Å². The first-order valence-corrected chi connectivity index (χ1v) is 8.12. The smallest absolute Gasteiger partial charge is 0.182 e. The number of para-hydroxylation sites is 2. The number of hydrogen-bond acceptors (Lipinski definition) is 4. The van der Waals surface area contributed by atoms with Crippen molar-refractivity contribution in [3.63, 3.8) is 0 Å². The van der Waals surface area contributed by atoms with E-state index in [1.54, 1.807) is 43.1 Å². The molecule has 0 aliphatic carbocycles. The van der Waals surface area contributed by atoms with Gasteiger partial charge < -0.3 is 9.30 Å². The van der Waals surface area contributed by atoms with E-state index in [4.69, 9.17) is 4.74 Å². The van der Waals surface area contributed by atoms with Gasteiger partial charge in [0.1, 0.15) is 5.75 Å². The van der Waals surface area contributed by atoms with Crippen molar-refractivity contribution in [2.75, 3.05) is 13.4 Å². The second-order valence-electron chi connectivity index (χ2n) is 4.83. The average molecular weight is 312 g/mol. The van der Waals surface area contributed by atoms with Crippen molar-refractivity contribution in [3.8, 4) is 5.75 Å². The minimum atomic E-state index is 0.0566. The van der Waals surface area contributed by atoms with Crippen LogP contribution in [0, 0.1) is 0 Å². The van der Waals surface area contributed by atoms with Gasteiger partial charge >= 0.3 is 0 Å². The minimum Gasteiger partial charge on any atom is -0.497 e. The Bertz CT molecular complexity index is 809. The van der Waals surface area contributed by atoms with Crippen molar-refractivity contribution in [2.24, 2.45) is 0 Å². The molecular formula is C17H16N2O2S. The maximum absolute atomic E-state index is 12.5. The number of fused-ring (bicyclic) bond motifs is 1. The van der Waals surface area contributed by atoms with Crippen LogP contribution >= 0.6 is 11.8 Å². The largest absolute Gasteiger partial charge is 0.497 e. The summed E-state index contributed by atoms with van der Waals surface area (Å²) in [6.07, 6.45) is 1.97. The van der Waals surface area contributed by atoms with Crippen LogP contribution in [0.3, 0.4) is 0 Å². The Morgan fingerprint density at radius 3 is 2.59 bits per heavy atom. The van der Waals surface area contributed by atoms with Crippen molar-refractivity contribution in [2.45, 2.75) is 11.7 Å². The first-order chi connectivity index (χ1) is 10.7. The Morgan fingerprint density at radius 1 is 1.18 bits per heavy atom. The van der Waals surface area contributed by atoms with Gasteiger partial charge in [-0.25, -0.2) is 4.98 Å². The highest BCUT2D eigenvalue weighted by Gasteiger charge is 2.14. The molecule has 0 amide bonds. The molecule has 5 heteroatoms. The number of carbonyl (C=O) groups is 1. The molecule has 0 bridgehead atoms. The number of methoxy groups -OCH3 is 1. The molecule has 0 saturated heterocycles. The van der Waals surface area contributed by atoms with Crippen molar-refractivity contribution in [3.05, 3.63) is 54.1 Å². The van der Waals surface area contributed by atoms with Gasteiger partial charge in [-0.3, -0.25) is 4.79 Å². The van der Waals surface area contributed by atoms with Crippen LogP contribution in [-0.4, -0.2) is 28.7 Å². The zero-order valence-electron chi connectivity index (χ0n) is 12.4. The van der Waals surface area contributed by atoms with Crippen LogP contribution in [-0.2, 0) is 6.54 Å². The summed E-state index contributed by atoms with van der Waals surface area (Å²) in [7, 11) is 1.61.